The van der Waals surface area contributed by atoms with E-state index in [1.54, 1.807) is 26.2 Å². The highest BCUT2D eigenvalue weighted by Crippen LogP contribution is 2.32. The largest absolute Gasteiger partial charge is 0.497 e. The maximum Gasteiger partial charge on any atom is 0.260 e. The molecule has 184 valence electrons. The van der Waals surface area contributed by atoms with Crippen molar-refractivity contribution in [2.75, 3.05) is 59.0 Å². The molecular formula is C26H30N4O5. The monoisotopic (exact) mass is 478 g/mol. The van der Waals surface area contributed by atoms with Crippen molar-refractivity contribution in [1.82, 2.24) is 15.1 Å². The van der Waals surface area contributed by atoms with Crippen LogP contribution >= 0.6 is 0 Å². The number of amides is 1. The number of aromatic nitrogens is 2. The van der Waals surface area contributed by atoms with Crippen molar-refractivity contribution in [3.05, 3.63) is 54.1 Å². The molecule has 0 bridgehead atoms. The van der Waals surface area contributed by atoms with E-state index in [1.807, 2.05) is 55.5 Å². The van der Waals surface area contributed by atoms with Crippen LogP contribution in [0, 0.1) is 6.92 Å². The summed E-state index contributed by atoms with van der Waals surface area (Å²) in [5, 5.41) is 8.83. The van der Waals surface area contributed by atoms with Gasteiger partial charge in [0.05, 0.1) is 27.0 Å². The van der Waals surface area contributed by atoms with Gasteiger partial charge in [-0.1, -0.05) is 6.07 Å². The molecule has 9 nitrogen and oxygen atoms in total. The molecular weight excluding hydrogens is 448 g/mol. The van der Waals surface area contributed by atoms with Gasteiger partial charge in [0.1, 0.15) is 11.5 Å². The predicted molar refractivity (Wildman–Crippen MR) is 133 cm³/mol. The molecule has 4 rings (SSSR count). The second kappa shape index (κ2) is 10.9. The maximum absolute atomic E-state index is 12.7. The first-order valence-corrected chi connectivity index (χ1v) is 11.4. The fourth-order valence-electron chi connectivity index (χ4n) is 3.96. The molecule has 35 heavy (non-hydrogen) atoms. The quantitative estimate of drug-likeness (QED) is 0.488. The molecule has 1 aliphatic rings. The van der Waals surface area contributed by atoms with E-state index in [2.05, 4.69) is 15.1 Å². The third kappa shape index (κ3) is 5.56. The van der Waals surface area contributed by atoms with Gasteiger partial charge in [-0.15, -0.1) is 10.2 Å². The van der Waals surface area contributed by atoms with Crippen molar-refractivity contribution in [2.45, 2.75) is 6.92 Å². The molecule has 2 aromatic carbocycles. The van der Waals surface area contributed by atoms with Gasteiger partial charge in [-0.25, -0.2) is 0 Å². The minimum absolute atomic E-state index is 0.0315. The average molecular weight is 479 g/mol. The molecule has 3 aromatic rings. The van der Waals surface area contributed by atoms with Gasteiger partial charge in [0, 0.05) is 31.7 Å². The number of methoxy groups -OCH3 is 3. The topological polar surface area (TPSA) is 86.3 Å². The normalized spacial score (nSPS) is 13.4. The van der Waals surface area contributed by atoms with Gasteiger partial charge in [0.25, 0.3) is 5.91 Å². The molecule has 9 heteroatoms. The van der Waals surface area contributed by atoms with E-state index < -0.39 is 0 Å². The summed E-state index contributed by atoms with van der Waals surface area (Å²) in [4.78, 5) is 16.6. The molecule has 0 aliphatic carbocycles. The summed E-state index contributed by atoms with van der Waals surface area (Å²) in [7, 11) is 4.83. The van der Waals surface area contributed by atoms with Crippen LogP contribution in [0.5, 0.6) is 23.0 Å². The van der Waals surface area contributed by atoms with E-state index in [1.165, 1.54) is 0 Å². The van der Waals surface area contributed by atoms with Crippen molar-refractivity contribution in [3.8, 4) is 34.3 Å². The Morgan fingerprint density at radius 3 is 2.23 bits per heavy atom. The number of carbonyl (C=O) groups excluding carboxylic acids is 1. The number of rotatable bonds is 8. The lowest BCUT2D eigenvalue weighted by Gasteiger charge is -2.35. The Morgan fingerprint density at radius 2 is 1.57 bits per heavy atom. The minimum Gasteiger partial charge on any atom is -0.497 e. The van der Waals surface area contributed by atoms with Gasteiger partial charge in [0.2, 0.25) is 0 Å². The summed E-state index contributed by atoms with van der Waals surface area (Å²) < 4.78 is 21.9. The summed E-state index contributed by atoms with van der Waals surface area (Å²) in [6.07, 6.45) is 0. The van der Waals surface area contributed by atoms with Crippen LogP contribution in [0.15, 0.2) is 48.5 Å². The van der Waals surface area contributed by atoms with Crippen LogP contribution in [-0.2, 0) is 4.79 Å². The SMILES string of the molecule is COc1ccc(OC)c(-c2ccc(N3CCN(C(=O)COc4ccc(C)cc4OC)CC3)nn2)c1. The van der Waals surface area contributed by atoms with E-state index in [9.17, 15) is 4.79 Å². The van der Waals surface area contributed by atoms with Gasteiger partial charge >= 0.3 is 0 Å². The first-order chi connectivity index (χ1) is 17.0. The molecule has 2 heterocycles. The standard InChI is InChI=1S/C26H30N4O5/c1-18-5-8-23(24(15-18)34-4)35-17-26(31)30-13-11-29(12-14-30)25-10-7-21(27-28-25)20-16-19(32-2)6-9-22(20)33-3/h5-10,15-16H,11-14,17H2,1-4H3. The Morgan fingerprint density at radius 1 is 0.829 bits per heavy atom. The highest BCUT2D eigenvalue weighted by molar-refractivity contribution is 5.78. The Balaban J connectivity index is 1.34. The minimum atomic E-state index is -0.0566. The van der Waals surface area contributed by atoms with Gasteiger partial charge in [-0.2, -0.15) is 0 Å². The lowest BCUT2D eigenvalue weighted by Crippen LogP contribution is -2.50. The van der Waals surface area contributed by atoms with Crippen molar-refractivity contribution in [1.29, 1.82) is 0 Å². The van der Waals surface area contributed by atoms with Crippen LogP contribution in [0.1, 0.15) is 5.56 Å². The molecule has 1 aliphatic heterocycles. The van der Waals surface area contributed by atoms with Crippen LogP contribution < -0.4 is 23.8 Å². The molecule has 1 aromatic heterocycles. The number of benzene rings is 2. The van der Waals surface area contributed by atoms with Crippen LogP contribution in [0.2, 0.25) is 0 Å². The number of aryl methyl sites for hydroxylation is 1. The molecule has 1 fully saturated rings. The van der Waals surface area contributed by atoms with E-state index >= 15 is 0 Å². The van der Waals surface area contributed by atoms with Gasteiger partial charge in [-0.3, -0.25) is 4.79 Å². The molecule has 0 atom stereocenters. The van der Waals surface area contributed by atoms with Crippen LogP contribution in [-0.4, -0.2) is 75.1 Å². The van der Waals surface area contributed by atoms with Crippen LogP contribution in [0.3, 0.4) is 0 Å². The third-order valence-electron chi connectivity index (χ3n) is 5.96. The maximum atomic E-state index is 12.7. The van der Waals surface area contributed by atoms with Crippen LogP contribution in [0.4, 0.5) is 5.82 Å². The van der Waals surface area contributed by atoms with Crippen molar-refractivity contribution >= 4 is 11.7 Å². The lowest BCUT2D eigenvalue weighted by atomic mass is 10.1. The smallest absolute Gasteiger partial charge is 0.260 e. The van der Waals surface area contributed by atoms with Crippen molar-refractivity contribution in [3.63, 3.8) is 0 Å². The lowest BCUT2D eigenvalue weighted by molar-refractivity contribution is -0.133. The van der Waals surface area contributed by atoms with Crippen molar-refractivity contribution < 1.29 is 23.7 Å². The summed E-state index contributed by atoms with van der Waals surface area (Å²) in [5.41, 5.74) is 2.57. The number of piperazine rings is 1. The summed E-state index contributed by atoms with van der Waals surface area (Å²) in [6.45, 7) is 4.44. The number of ether oxygens (including phenoxy) is 4. The fourth-order valence-corrected chi connectivity index (χ4v) is 3.96. The second-order valence-electron chi connectivity index (χ2n) is 8.15. The number of carbonyl (C=O) groups is 1. The summed E-state index contributed by atoms with van der Waals surface area (Å²) in [5.74, 6) is 3.31. The fraction of sp³-hybridized carbons (Fsp3) is 0.346. The summed E-state index contributed by atoms with van der Waals surface area (Å²) >= 11 is 0. The predicted octanol–water partition coefficient (Wildman–Crippen LogP) is 3.21. The van der Waals surface area contributed by atoms with Crippen molar-refractivity contribution in [2.24, 2.45) is 0 Å². The highest BCUT2D eigenvalue weighted by atomic mass is 16.5. The highest BCUT2D eigenvalue weighted by Gasteiger charge is 2.23. The molecule has 0 radical (unpaired) electrons. The molecule has 1 amide bonds. The van der Waals surface area contributed by atoms with Gasteiger partial charge < -0.3 is 28.7 Å². The van der Waals surface area contributed by atoms with Gasteiger partial charge in [0.15, 0.2) is 23.9 Å². The molecule has 0 spiro atoms. The molecule has 0 unspecified atom stereocenters. The Labute approximate surface area is 205 Å². The second-order valence-corrected chi connectivity index (χ2v) is 8.15. The van der Waals surface area contributed by atoms with E-state index in [4.69, 9.17) is 18.9 Å². The zero-order chi connectivity index (χ0) is 24.8. The Bertz CT molecular complexity index is 1160. The van der Waals surface area contributed by atoms with Gasteiger partial charge in [-0.05, 0) is 55.0 Å². The van der Waals surface area contributed by atoms with E-state index in [0.29, 0.717) is 49.1 Å². The zero-order valence-corrected chi connectivity index (χ0v) is 20.5. The average Bonchev–Trinajstić information content (AvgIpc) is 2.91. The molecule has 1 saturated heterocycles. The number of anilines is 1. The zero-order valence-electron chi connectivity index (χ0n) is 20.5. The van der Waals surface area contributed by atoms with Crippen LogP contribution in [0.25, 0.3) is 11.3 Å². The Kier molecular flexibility index (Phi) is 7.54. The summed E-state index contributed by atoms with van der Waals surface area (Å²) in [6, 6.07) is 15.0. The first kappa shape index (κ1) is 24.1. The number of hydrogen-bond acceptors (Lipinski definition) is 8. The number of nitrogens with zero attached hydrogens (tertiary/aromatic N) is 4. The first-order valence-electron chi connectivity index (χ1n) is 11.4. The molecule has 0 saturated carbocycles. The number of hydrogen-bond donors (Lipinski definition) is 0. The van der Waals surface area contributed by atoms with E-state index in [0.717, 1.165) is 22.7 Å². The van der Waals surface area contributed by atoms with E-state index in [-0.39, 0.29) is 12.5 Å². The Hall–Kier alpha value is -4.01. The third-order valence-corrected chi connectivity index (χ3v) is 5.96. The molecule has 0 N–H and O–H groups in total.